The Morgan fingerprint density at radius 3 is 2.58 bits per heavy atom. The largest absolute Gasteiger partial charge is 0.497 e. The van der Waals surface area contributed by atoms with Crippen molar-refractivity contribution in [1.82, 2.24) is 24.8 Å². The molecule has 3 N–H and O–H groups in total. The topological polar surface area (TPSA) is 185 Å². The number of aromatic nitrogens is 1. The highest BCUT2D eigenvalue weighted by Crippen LogP contribution is 2.52. The average Bonchev–Trinajstić information content (AvgIpc) is 4.10. The van der Waals surface area contributed by atoms with Crippen LogP contribution in [-0.4, -0.2) is 100 Å². The maximum Gasteiger partial charge on any atom is 0.407 e. The molecule has 308 valence electrons. The van der Waals surface area contributed by atoms with Crippen molar-refractivity contribution < 1.29 is 42.2 Å². The Bertz CT molecular complexity index is 2130. The molecular formula is C42H55N5O9S. The van der Waals surface area contributed by atoms with E-state index < -0.39 is 67.7 Å². The summed E-state index contributed by atoms with van der Waals surface area (Å²) in [7, 11) is -2.38. The van der Waals surface area contributed by atoms with Gasteiger partial charge in [0.1, 0.15) is 34.7 Å². The van der Waals surface area contributed by atoms with Crippen LogP contribution in [0.5, 0.6) is 11.5 Å². The maximum absolute atomic E-state index is 15.0. The Kier molecular flexibility index (Phi) is 10.00. The Balaban J connectivity index is 1.17. The van der Waals surface area contributed by atoms with Gasteiger partial charge in [0.15, 0.2) is 0 Å². The number of pyridine rings is 1. The molecule has 6 aliphatic rings. The van der Waals surface area contributed by atoms with E-state index in [2.05, 4.69) is 10.0 Å². The molecule has 14 nitrogen and oxygen atoms in total. The number of amides is 4. The van der Waals surface area contributed by atoms with Gasteiger partial charge in [0.25, 0.3) is 5.91 Å². The van der Waals surface area contributed by atoms with E-state index in [4.69, 9.17) is 14.5 Å². The predicted molar refractivity (Wildman–Crippen MR) is 211 cm³/mol. The van der Waals surface area contributed by atoms with Crippen molar-refractivity contribution in [3.05, 3.63) is 41.6 Å². The third-order valence-electron chi connectivity index (χ3n) is 13.2. The second-order valence-corrected chi connectivity index (χ2v) is 20.2. The molecule has 3 aliphatic carbocycles. The van der Waals surface area contributed by atoms with Gasteiger partial charge in [0, 0.05) is 41.8 Å². The first-order valence-corrected chi connectivity index (χ1v) is 22.1. The summed E-state index contributed by atoms with van der Waals surface area (Å²) in [6.45, 7) is 5.58. The Morgan fingerprint density at radius 1 is 1.12 bits per heavy atom. The number of carboxylic acid groups (broad SMARTS) is 1. The van der Waals surface area contributed by atoms with Gasteiger partial charge in [0.05, 0.1) is 29.6 Å². The fraction of sp³-hybridized carbons (Fsp3) is 0.643. The van der Waals surface area contributed by atoms with Crippen molar-refractivity contribution in [3.8, 4) is 11.5 Å². The number of carbonyl (C=O) groups is 4. The summed E-state index contributed by atoms with van der Waals surface area (Å²) in [4.78, 5) is 64.5. The molecule has 5 atom stereocenters. The van der Waals surface area contributed by atoms with Gasteiger partial charge in [-0.15, -0.1) is 0 Å². The standard InChI is InChI=1S/C42H55N5O9S/c1-25(2)23-46(39(51)52)32-11-9-7-5-6-8-10-27-21-42(27,38(50)45-57(53,54)40(3)18-19-40)44-36(48)33-22-41(24-47(33)37(32)49)17-16-30-29-15-14-28(55-4)20-31(29)43-34(26-12-13-26)35(30)56-41/h8,10,14-15,20,25-27,32-33H,5-7,9,11-13,16-19,21-24H2,1-4H3,(H,44,48)(H,45,50)(H,51,52)/b10-8-/t27-,32+,33+,41-,42-/m1/s1. The van der Waals surface area contributed by atoms with Crippen LogP contribution in [0.4, 0.5) is 4.79 Å². The van der Waals surface area contributed by atoms with Crippen molar-refractivity contribution in [2.75, 3.05) is 20.2 Å². The van der Waals surface area contributed by atoms with Crippen LogP contribution in [0.3, 0.4) is 0 Å². The second kappa shape index (κ2) is 14.5. The summed E-state index contributed by atoms with van der Waals surface area (Å²) >= 11 is 0. The van der Waals surface area contributed by atoms with Gasteiger partial charge in [-0.25, -0.2) is 18.2 Å². The Morgan fingerprint density at radius 2 is 1.89 bits per heavy atom. The van der Waals surface area contributed by atoms with Gasteiger partial charge in [-0.3, -0.25) is 24.0 Å². The summed E-state index contributed by atoms with van der Waals surface area (Å²) in [5, 5.41) is 14.4. The van der Waals surface area contributed by atoms with E-state index in [-0.39, 0.29) is 37.8 Å². The predicted octanol–water partition coefficient (Wildman–Crippen LogP) is 5.18. The van der Waals surface area contributed by atoms with Gasteiger partial charge >= 0.3 is 6.09 Å². The minimum Gasteiger partial charge on any atom is -0.497 e. The van der Waals surface area contributed by atoms with Gasteiger partial charge in [0.2, 0.25) is 21.8 Å². The summed E-state index contributed by atoms with van der Waals surface area (Å²) in [5.74, 6) is -0.740. The summed E-state index contributed by atoms with van der Waals surface area (Å²) < 4.78 is 40.4. The second-order valence-electron chi connectivity index (χ2n) is 18.0. The van der Waals surface area contributed by atoms with E-state index in [0.717, 1.165) is 47.8 Å². The monoisotopic (exact) mass is 805 g/mol. The zero-order chi connectivity index (χ0) is 40.5. The number of benzene rings is 1. The number of nitrogens with zero attached hydrogens (tertiary/aromatic N) is 3. The van der Waals surface area contributed by atoms with Crippen LogP contribution >= 0.6 is 0 Å². The number of rotatable bonds is 8. The van der Waals surface area contributed by atoms with E-state index in [1.165, 1.54) is 9.80 Å². The maximum atomic E-state index is 15.0. The number of carbonyl (C=O) groups excluding carboxylic acids is 3. The minimum atomic E-state index is -4.00. The van der Waals surface area contributed by atoms with Crippen molar-refractivity contribution in [2.45, 2.75) is 138 Å². The smallest absolute Gasteiger partial charge is 0.407 e. The summed E-state index contributed by atoms with van der Waals surface area (Å²) in [6.07, 6.45) is 9.97. The number of hydrogen-bond acceptors (Lipinski definition) is 9. The number of nitrogens with one attached hydrogen (secondary N) is 2. The fourth-order valence-corrected chi connectivity index (χ4v) is 10.5. The lowest BCUT2D eigenvalue weighted by Gasteiger charge is -2.38. The third kappa shape index (κ3) is 7.33. The lowest BCUT2D eigenvalue weighted by atomic mass is 9.86. The van der Waals surface area contributed by atoms with Crippen LogP contribution in [0.25, 0.3) is 10.9 Å². The molecule has 15 heteroatoms. The Labute approximate surface area is 334 Å². The molecule has 57 heavy (non-hydrogen) atoms. The lowest BCUT2D eigenvalue weighted by molar-refractivity contribution is -0.143. The molecule has 2 aromatic rings. The van der Waals surface area contributed by atoms with Crippen LogP contribution in [0.1, 0.15) is 115 Å². The zero-order valence-electron chi connectivity index (χ0n) is 33.3. The van der Waals surface area contributed by atoms with Crippen molar-refractivity contribution >= 4 is 44.7 Å². The SMILES string of the molecule is COc1ccc2c3c(c(C4CC4)nc2c1)O[C@]1(CC3)C[C@H]2C(=O)N[C@]3(C(=O)NS(=O)(=O)C4(C)CC4)C[C@H]3/C=C\CCCCC[C@H](N(CC(C)C)C(=O)O)C(=O)N2C1. The molecule has 4 heterocycles. The molecule has 0 unspecified atom stereocenters. The normalized spacial score (nSPS) is 30.2. The first kappa shape index (κ1) is 39.4. The summed E-state index contributed by atoms with van der Waals surface area (Å²) in [5.41, 5.74) is 0.172. The summed E-state index contributed by atoms with van der Waals surface area (Å²) in [6, 6.07) is 3.66. The first-order valence-electron chi connectivity index (χ1n) is 20.6. The van der Waals surface area contributed by atoms with Gasteiger partial charge < -0.3 is 24.8 Å². The molecule has 0 bridgehead atoms. The molecule has 3 saturated carbocycles. The number of ether oxygens (including phenoxy) is 2. The molecule has 1 saturated heterocycles. The molecule has 1 aromatic heterocycles. The van der Waals surface area contributed by atoms with Gasteiger partial charge in [-0.2, -0.15) is 0 Å². The lowest BCUT2D eigenvalue weighted by Crippen LogP contribution is -2.59. The zero-order valence-corrected chi connectivity index (χ0v) is 34.2. The molecule has 8 rings (SSSR count). The number of methoxy groups -OCH3 is 1. The number of allylic oxidation sites excluding steroid dienone is 1. The highest BCUT2D eigenvalue weighted by Gasteiger charge is 2.64. The van der Waals surface area contributed by atoms with Gasteiger partial charge in [-0.1, -0.05) is 38.8 Å². The number of fused-ring (bicyclic) bond motifs is 5. The van der Waals surface area contributed by atoms with E-state index in [0.29, 0.717) is 56.4 Å². The number of sulfonamides is 1. The molecular weight excluding hydrogens is 751 g/mol. The van der Waals surface area contributed by atoms with E-state index in [1.807, 2.05) is 44.2 Å². The fourth-order valence-electron chi connectivity index (χ4n) is 9.17. The number of aryl methyl sites for hydroxylation is 1. The van der Waals surface area contributed by atoms with Crippen LogP contribution in [-0.2, 0) is 30.8 Å². The van der Waals surface area contributed by atoms with E-state index in [1.54, 1.807) is 14.0 Å². The molecule has 4 fully saturated rings. The number of hydrogen-bond donors (Lipinski definition) is 3. The first-order chi connectivity index (χ1) is 27.1. The minimum absolute atomic E-state index is 0.0367. The third-order valence-corrected chi connectivity index (χ3v) is 15.3. The van der Waals surface area contributed by atoms with Gasteiger partial charge in [-0.05, 0) is 89.2 Å². The molecule has 1 aromatic carbocycles. The van der Waals surface area contributed by atoms with Crippen LogP contribution in [0, 0.1) is 11.8 Å². The highest BCUT2D eigenvalue weighted by atomic mass is 32.2. The molecule has 1 spiro atoms. The van der Waals surface area contributed by atoms with Crippen LogP contribution < -0.4 is 19.5 Å². The van der Waals surface area contributed by atoms with Crippen molar-refractivity contribution in [2.24, 2.45) is 11.8 Å². The molecule has 0 radical (unpaired) electrons. The van der Waals surface area contributed by atoms with E-state index >= 15 is 4.79 Å². The van der Waals surface area contributed by atoms with Crippen LogP contribution in [0.2, 0.25) is 0 Å². The quantitative estimate of drug-likeness (QED) is 0.301. The highest BCUT2D eigenvalue weighted by molar-refractivity contribution is 7.91. The Hall–Kier alpha value is -4.40. The van der Waals surface area contributed by atoms with Crippen LogP contribution in [0.15, 0.2) is 30.4 Å². The molecule has 4 amide bonds. The molecule has 3 aliphatic heterocycles. The van der Waals surface area contributed by atoms with Crippen molar-refractivity contribution in [3.63, 3.8) is 0 Å². The van der Waals surface area contributed by atoms with Crippen molar-refractivity contribution in [1.29, 1.82) is 0 Å². The average molecular weight is 806 g/mol. The van der Waals surface area contributed by atoms with E-state index in [9.17, 15) is 27.9 Å².